The molecule has 1 aromatic carbocycles. The number of aryl methyl sites for hydroxylation is 1. The first-order valence-corrected chi connectivity index (χ1v) is 8.03. The first-order valence-electron chi connectivity index (χ1n) is 8.03. The molecule has 1 aromatic heterocycles. The SMILES string of the molecule is COc1ccccc1C1CCCN1C(=O)COCc1nncn1C. The van der Waals surface area contributed by atoms with E-state index in [0.717, 1.165) is 30.7 Å². The number of aromatic nitrogens is 3. The van der Waals surface area contributed by atoms with Crippen molar-refractivity contribution in [3.63, 3.8) is 0 Å². The Labute approximate surface area is 141 Å². The largest absolute Gasteiger partial charge is 0.496 e. The second kappa shape index (κ2) is 7.44. The fourth-order valence-electron chi connectivity index (χ4n) is 3.08. The molecule has 1 unspecified atom stereocenters. The van der Waals surface area contributed by atoms with E-state index in [1.807, 2.05) is 36.2 Å². The number of para-hydroxylation sites is 1. The molecule has 128 valence electrons. The van der Waals surface area contributed by atoms with Crippen molar-refractivity contribution < 1.29 is 14.3 Å². The molecule has 1 atom stereocenters. The Bertz CT molecular complexity index is 701. The van der Waals surface area contributed by atoms with Crippen LogP contribution in [-0.4, -0.2) is 45.8 Å². The molecule has 0 bridgehead atoms. The highest BCUT2D eigenvalue weighted by Crippen LogP contribution is 2.36. The average Bonchev–Trinajstić information content (AvgIpc) is 3.24. The molecule has 0 radical (unpaired) electrons. The molecule has 7 nitrogen and oxygen atoms in total. The maximum atomic E-state index is 12.6. The van der Waals surface area contributed by atoms with Gasteiger partial charge in [-0.05, 0) is 18.9 Å². The van der Waals surface area contributed by atoms with Crippen LogP contribution >= 0.6 is 0 Å². The minimum atomic E-state index is -0.00873. The highest BCUT2D eigenvalue weighted by Gasteiger charge is 2.31. The quantitative estimate of drug-likeness (QED) is 0.806. The summed E-state index contributed by atoms with van der Waals surface area (Å²) in [5.74, 6) is 1.51. The monoisotopic (exact) mass is 330 g/mol. The van der Waals surface area contributed by atoms with Gasteiger partial charge in [0, 0.05) is 19.2 Å². The maximum Gasteiger partial charge on any atom is 0.249 e. The molecule has 1 saturated heterocycles. The Balaban J connectivity index is 1.62. The van der Waals surface area contributed by atoms with Gasteiger partial charge in [-0.3, -0.25) is 4.79 Å². The van der Waals surface area contributed by atoms with Crippen molar-refractivity contribution in [3.8, 4) is 5.75 Å². The molecule has 24 heavy (non-hydrogen) atoms. The molecule has 0 N–H and O–H groups in total. The van der Waals surface area contributed by atoms with Gasteiger partial charge in [0.15, 0.2) is 5.82 Å². The number of rotatable bonds is 6. The minimum Gasteiger partial charge on any atom is -0.496 e. The maximum absolute atomic E-state index is 12.6. The predicted octanol–water partition coefficient (Wildman–Crippen LogP) is 1.70. The third-order valence-corrected chi connectivity index (χ3v) is 4.33. The third kappa shape index (κ3) is 3.41. The van der Waals surface area contributed by atoms with Gasteiger partial charge in [-0.25, -0.2) is 0 Å². The summed E-state index contributed by atoms with van der Waals surface area (Å²) in [5.41, 5.74) is 1.05. The fourth-order valence-corrected chi connectivity index (χ4v) is 3.08. The smallest absolute Gasteiger partial charge is 0.249 e. The van der Waals surface area contributed by atoms with Crippen LogP contribution in [0, 0.1) is 0 Å². The third-order valence-electron chi connectivity index (χ3n) is 4.33. The molecule has 1 fully saturated rings. The Hall–Kier alpha value is -2.41. The summed E-state index contributed by atoms with van der Waals surface area (Å²) in [6, 6.07) is 7.92. The van der Waals surface area contributed by atoms with Gasteiger partial charge in [0.25, 0.3) is 0 Å². The van der Waals surface area contributed by atoms with E-state index in [0.29, 0.717) is 5.82 Å². The predicted molar refractivity (Wildman–Crippen MR) is 87.3 cm³/mol. The number of carbonyl (C=O) groups excluding carboxylic acids is 1. The lowest BCUT2D eigenvalue weighted by Crippen LogP contribution is -2.33. The van der Waals surface area contributed by atoms with Crippen LogP contribution in [0.5, 0.6) is 5.75 Å². The Kier molecular flexibility index (Phi) is 5.10. The van der Waals surface area contributed by atoms with Gasteiger partial charge in [0.1, 0.15) is 25.3 Å². The molecular weight excluding hydrogens is 308 g/mol. The second-order valence-corrected chi connectivity index (χ2v) is 5.84. The number of amides is 1. The number of hydrogen-bond acceptors (Lipinski definition) is 5. The Morgan fingerprint density at radius 3 is 2.96 bits per heavy atom. The first-order chi connectivity index (χ1) is 11.7. The van der Waals surface area contributed by atoms with Crippen LogP contribution in [0.15, 0.2) is 30.6 Å². The summed E-state index contributed by atoms with van der Waals surface area (Å²) in [6.45, 7) is 1.06. The van der Waals surface area contributed by atoms with Crippen molar-refractivity contribution in [1.29, 1.82) is 0 Å². The van der Waals surface area contributed by atoms with Gasteiger partial charge in [-0.1, -0.05) is 18.2 Å². The molecule has 7 heteroatoms. The van der Waals surface area contributed by atoms with Crippen molar-refractivity contribution >= 4 is 5.91 Å². The number of ether oxygens (including phenoxy) is 2. The number of hydrogen-bond donors (Lipinski definition) is 0. The summed E-state index contributed by atoms with van der Waals surface area (Å²) in [5, 5.41) is 7.73. The number of methoxy groups -OCH3 is 1. The molecule has 0 spiro atoms. The molecule has 2 aromatic rings. The van der Waals surface area contributed by atoms with E-state index in [1.165, 1.54) is 0 Å². The van der Waals surface area contributed by atoms with Crippen LogP contribution < -0.4 is 4.74 Å². The van der Waals surface area contributed by atoms with E-state index >= 15 is 0 Å². The van der Waals surface area contributed by atoms with Crippen LogP contribution in [0.25, 0.3) is 0 Å². The van der Waals surface area contributed by atoms with Gasteiger partial charge in [-0.2, -0.15) is 0 Å². The summed E-state index contributed by atoms with van der Waals surface area (Å²) in [7, 11) is 3.50. The molecule has 3 rings (SSSR count). The molecule has 2 heterocycles. The second-order valence-electron chi connectivity index (χ2n) is 5.84. The van der Waals surface area contributed by atoms with Crippen LogP contribution in [0.3, 0.4) is 0 Å². The Morgan fingerprint density at radius 2 is 2.21 bits per heavy atom. The lowest BCUT2D eigenvalue weighted by Gasteiger charge is -2.26. The summed E-state index contributed by atoms with van der Waals surface area (Å²) in [6.07, 6.45) is 3.53. The summed E-state index contributed by atoms with van der Waals surface area (Å²) >= 11 is 0. The summed E-state index contributed by atoms with van der Waals surface area (Å²) < 4.78 is 12.7. The number of nitrogens with zero attached hydrogens (tertiary/aromatic N) is 4. The average molecular weight is 330 g/mol. The van der Waals surface area contributed by atoms with Crippen molar-refractivity contribution in [2.24, 2.45) is 7.05 Å². The number of benzene rings is 1. The molecule has 0 saturated carbocycles. The van der Waals surface area contributed by atoms with Gasteiger partial charge in [0.2, 0.25) is 5.91 Å². The molecule has 1 aliphatic heterocycles. The zero-order chi connectivity index (χ0) is 16.9. The van der Waals surface area contributed by atoms with E-state index in [2.05, 4.69) is 10.2 Å². The van der Waals surface area contributed by atoms with Gasteiger partial charge < -0.3 is 18.9 Å². The van der Waals surface area contributed by atoms with E-state index in [-0.39, 0.29) is 25.2 Å². The highest BCUT2D eigenvalue weighted by atomic mass is 16.5. The number of likely N-dealkylation sites (tertiary alicyclic amines) is 1. The zero-order valence-electron chi connectivity index (χ0n) is 14.0. The van der Waals surface area contributed by atoms with E-state index in [1.54, 1.807) is 18.0 Å². The molecule has 0 aliphatic carbocycles. The van der Waals surface area contributed by atoms with Crippen molar-refractivity contribution in [2.45, 2.75) is 25.5 Å². The summed E-state index contributed by atoms with van der Waals surface area (Å²) in [4.78, 5) is 14.4. The Morgan fingerprint density at radius 1 is 1.38 bits per heavy atom. The van der Waals surface area contributed by atoms with E-state index in [9.17, 15) is 4.79 Å². The van der Waals surface area contributed by atoms with Crippen LogP contribution in [0.1, 0.15) is 30.3 Å². The van der Waals surface area contributed by atoms with E-state index in [4.69, 9.17) is 9.47 Å². The van der Waals surface area contributed by atoms with Crippen LogP contribution in [-0.2, 0) is 23.2 Å². The molecular formula is C17H22N4O3. The topological polar surface area (TPSA) is 69.5 Å². The lowest BCUT2D eigenvalue weighted by molar-refractivity contribution is -0.137. The van der Waals surface area contributed by atoms with Crippen LogP contribution in [0.4, 0.5) is 0 Å². The van der Waals surface area contributed by atoms with Crippen molar-refractivity contribution in [1.82, 2.24) is 19.7 Å². The lowest BCUT2D eigenvalue weighted by atomic mass is 10.0. The van der Waals surface area contributed by atoms with Gasteiger partial charge in [-0.15, -0.1) is 10.2 Å². The van der Waals surface area contributed by atoms with Crippen LogP contribution in [0.2, 0.25) is 0 Å². The van der Waals surface area contributed by atoms with Crippen molar-refractivity contribution in [3.05, 3.63) is 42.0 Å². The normalized spacial score (nSPS) is 17.2. The minimum absolute atomic E-state index is 0.00873. The standard InChI is InChI=1S/C17H22N4O3/c1-20-12-18-19-16(20)10-24-11-17(22)21-9-5-7-14(21)13-6-3-4-8-15(13)23-2/h3-4,6,8,12,14H,5,7,9-11H2,1-2H3. The molecule has 1 aliphatic rings. The van der Waals surface area contributed by atoms with Gasteiger partial charge >= 0.3 is 0 Å². The number of carbonyl (C=O) groups is 1. The first kappa shape index (κ1) is 16.4. The highest BCUT2D eigenvalue weighted by molar-refractivity contribution is 5.78. The van der Waals surface area contributed by atoms with Crippen molar-refractivity contribution in [2.75, 3.05) is 20.3 Å². The molecule has 1 amide bonds. The fraction of sp³-hybridized carbons (Fsp3) is 0.471. The zero-order valence-corrected chi connectivity index (χ0v) is 14.0. The van der Waals surface area contributed by atoms with E-state index < -0.39 is 0 Å². The van der Waals surface area contributed by atoms with Gasteiger partial charge in [0.05, 0.1) is 13.2 Å².